The standard InChI is InChI=1S/C22H26F3N5O2.C16H19N/c1-13(31)18(28)17-11-30(20(32)15(8-26)9-27)12-21(2,3)19(17)29-10-14-4-6-16(7-5-14)22(23,24)25;1-3-7-16(14-9-6-10-14)17-15-11-5-8-13(4-2)12-15/h4-9,26H,10-12,27-28H2,1-3H3;5,8,11-12,17H,4,6,9-10H2,1-2H3/b15-9+,18-17-,26-8?,29-19?;. The molecule has 0 radical (unpaired) electrons. The Labute approximate surface area is 286 Å². The number of Topliss-reactive ketones (excluding diaryl/α,β-unsaturated/α-hetero) is 1. The predicted octanol–water partition coefficient (Wildman–Crippen LogP) is 6.93. The second-order valence-corrected chi connectivity index (χ2v) is 12.5. The average Bonchev–Trinajstić information content (AvgIpc) is 3.03. The minimum Gasteiger partial charge on any atom is -0.404 e. The molecule has 49 heavy (non-hydrogen) atoms. The van der Waals surface area contributed by atoms with Crippen LogP contribution in [0.3, 0.4) is 0 Å². The van der Waals surface area contributed by atoms with Crippen LogP contribution in [0.1, 0.15) is 70.6 Å². The van der Waals surface area contributed by atoms with E-state index in [9.17, 15) is 22.8 Å². The molecule has 0 bridgehead atoms. The topological polar surface area (TPSA) is 138 Å². The van der Waals surface area contributed by atoms with Crippen LogP contribution in [-0.2, 0) is 28.7 Å². The molecule has 0 unspecified atom stereocenters. The van der Waals surface area contributed by atoms with Crippen LogP contribution in [0.2, 0.25) is 0 Å². The van der Waals surface area contributed by atoms with Gasteiger partial charge in [0.1, 0.15) is 0 Å². The van der Waals surface area contributed by atoms with Gasteiger partial charge in [0, 0.05) is 54.8 Å². The van der Waals surface area contributed by atoms with Crippen molar-refractivity contribution in [3.63, 3.8) is 0 Å². The van der Waals surface area contributed by atoms with Gasteiger partial charge in [-0.25, -0.2) is 0 Å². The third-order valence-corrected chi connectivity index (χ3v) is 8.30. The molecule has 2 aliphatic rings. The number of aliphatic imine (C=N–C) groups is 1. The number of nitrogens with zero attached hydrogens (tertiary/aromatic N) is 2. The summed E-state index contributed by atoms with van der Waals surface area (Å²) in [6.07, 6.45) is 2.23. The molecule has 0 atom stereocenters. The lowest BCUT2D eigenvalue weighted by atomic mass is 9.78. The number of carbonyl (C=O) groups excluding carboxylic acids is 2. The zero-order valence-corrected chi connectivity index (χ0v) is 28.7. The number of piperidine rings is 1. The molecular weight excluding hydrogens is 629 g/mol. The lowest BCUT2D eigenvalue weighted by molar-refractivity contribution is -0.137. The fraction of sp³-hybridized carbons (Fsp3) is 0.368. The van der Waals surface area contributed by atoms with Crippen molar-refractivity contribution in [3.05, 3.63) is 99.5 Å². The van der Waals surface area contributed by atoms with Gasteiger partial charge < -0.3 is 27.1 Å². The highest BCUT2D eigenvalue weighted by Crippen LogP contribution is 2.33. The Balaban J connectivity index is 0.000000319. The third-order valence-electron chi connectivity index (χ3n) is 8.30. The third kappa shape index (κ3) is 10.2. The van der Waals surface area contributed by atoms with Gasteiger partial charge in [-0.15, -0.1) is 0 Å². The molecule has 260 valence electrons. The number of allylic oxidation sites excluding steroid dienone is 3. The molecule has 0 spiro atoms. The van der Waals surface area contributed by atoms with Crippen molar-refractivity contribution < 1.29 is 22.8 Å². The van der Waals surface area contributed by atoms with Gasteiger partial charge in [-0.05, 0) is 79.5 Å². The van der Waals surface area contributed by atoms with E-state index in [1.54, 1.807) is 0 Å². The van der Waals surface area contributed by atoms with E-state index in [1.807, 2.05) is 20.8 Å². The van der Waals surface area contributed by atoms with Gasteiger partial charge in [-0.3, -0.25) is 14.6 Å². The highest BCUT2D eigenvalue weighted by atomic mass is 19.4. The highest BCUT2D eigenvalue weighted by Gasteiger charge is 2.39. The maximum Gasteiger partial charge on any atom is 0.416 e. The van der Waals surface area contributed by atoms with Crippen molar-refractivity contribution in [2.75, 3.05) is 18.4 Å². The summed E-state index contributed by atoms with van der Waals surface area (Å²) in [5.74, 6) is 5.31. The van der Waals surface area contributed by atoms with Crippen LogP contribution in [0.4, 0.5) is 18.9 Å². The summed E-state index contributed by atoms with van der Waals surface area (Å²) in [7, 11) is 0. The zero-order valence-electron chi connectivity index (χ0n) is 28.7. The van der Waals surface area contributed by atoms with E-state index in [0.29, 0.717) is 16.8 Å². The minimum absolute atomic E-state index is 0.00769. The predicted molar refractivity (Wildman–Crippen MR) is 190 cm³/mol. The molecule has 2 aromatic rings. The second-order valence-electron chi connectivity index (χ2n) is 12.5. The van der Waals surface area contributed by atoms with Crippen molar-refractivity contribution in [1.29, 1.82) is 5.41 Å². The number of alkyl halides is 3. The van der Waals surface area contributed by atoms with Gasteiger partial charge in [0.05, 0.1) is 29.1 Å². The van der Waals surface area contributed by atoms with Crippen LogP contribution in [0, 0.1) is 22.7 Å². The number of likely N-dealkylation sites (tertiary alicyclic amines) is 1. The van der Waals surface area contributed by atoms with Gasteiger partial charge in [0.25, 0.3) is 5.91 Å². The van der Waals surface area contributed by atoms with Gasteiger partial charge in [0.15, 0.2) is 5.78 Å². The van der Waals surface area contributed by atoms with E-state index in [4.69, 9.17) is 16.9 Å². The zero-order chi connectivity index (χ0) is 36.4. The first-order chi connectivity index (χ1) is 23.1. The maximum absolute atomic E-state index is 12.8. The van der Waals surface area contributed by atoms with Crippen molar-refractivity contribution in [1.82, 2.24) is 4.90 Å². The first-order valence-electron chi connectivity index (χ1n) is 16.1. The molecule has 1 aliphatic carbocycles. The molecule has 11 heteroatoms. The van der Waals surface area contributed by atoms with Gasteiger partial charge in [0.2, 0.25) is 0 Å². The van der Waals surface area contributed by atoms with E-state index in [-0.39, 0.29) is 30.9 Å². The molecule has 2 fully saturated rings. The summed E-state index contributed by atoms with van der Waals surface area (Å²) in [6, 6.07) is 13.2. The Kier molecular flexibility index (Phi) is 13.2. The quantitative estimate of drug-likeness (QED) is 0.137. The Bertz CT molecular complexity index is 1730. The fourth-order valence-corrected chi connectivity index (χ4v) is 5.44. The van der Waals surface area contributed by atoms with E-state index in [0.717, 1.165) is 42.4 Å². The Hall–Kier alpha value is -5.11. The monoisotopic (exact) mass is 674 g/mol. The van der Waals surface area contributed by atoms with Crippen molar-refractivity contribution >= 4 is 29.3 Å². The normalized spacial score (nSPS) is 17.5. The minimum atomic E-state index is -4.43. The number of aryl methyl sites for hydroxylation is 1. The van der Waals surface area contributed by atoms with Crippen molar-refractivity contribution in [2.24, 2.45) is 21.9 Å². The number of amides is 1. The maximum atomic E-state index is 12.8. The van der Waals surface area contributed by atoms with Gasteiger partial charge in [-0.2, -0.15) is 13.2 Å². The van der Waals surface area contributed by atoms with Crippen LogP contribution in [0.5, 0.6) is 0 Å². The van der Waals surface area contributed by atoms with Crippen LogP contribution in [0.15, 0.2) is 87.8 Å². The molecule has 0 aromatic heterocycles. The molecule has 4 rings (SSSR count). The summed E-state index contributed by atoms with van der Waals surface area (Å²) in [4.78, 5) is 30.8. The Morgan fingerprint density at radius 2 is 1.80 bits per heavy atom. The summed E-state index contributed by atoms with van der Waals surface area (Å²) in [5.41, 5.74) is 16.5. The lowest BCUT2D eigenvalue weighted by Gasteiger charge is -2.41. The van der Waals surface area contributed by atoms with Crippen molar-refractivity contribution in [2.45, 2.75) is 73.0 Å². The Morgan fingerprint density at radius 1 is 1.12 bits per heavy atom. The molecule has 6 N–H and O–H groups in total. The molecule has 2 aromatic carbocycles. The second kappa shape index (κ2) is 16.8. The van der Waals surface area contributed by atoms with Crippen molar-refractivity contribution in [3.8, 4) is 11.8 Å². The molecule has 8 nitrogen and oxygen atoms in total. The lowest BCUT2D eigenvalue weighted by Crippen LogP contribution is -2.51. The molecular formula is C38H45F3N6O2. The smallest absolute Gasteiger partial charge is 0.404 e. The van der Waals surface area contributed by atoms with E-state index >= 15 is 0 Å². The number of carbonyl (C=O) groups is 2. The number of benzene rings is 2. The highest BCUT2D eigenvalue weighted by molar-refractivity contribution is 6.15. The SMILES string of the molecule is CC#CC(Nc1cccc(CC)c1)=C1CCC1.CC(=O)/C(N)=C1\CN(C(=O)/C(C=N)=C/N)CC(C)(C)C1=NCc1ccc(C(F)(F)F)cc1. The van der Waals surface area contributed by atoms with E-state index in [1.165, 1.54) is 54.4 Å². The molecule has 1 aliphatic heterocycles. The molecule has 1 amide bonds. The first-order valence-corrected chi connectivity index (χ1v) is 16.1. The number of rotatable bonds is 8. The largest absolute Gasteiger partial charge is 0.416 e. The summed E-state index contributed by atoms with van der Waals surface area (Å²) < 4.78 is 38.4. The van der Waals surface area contributed by atoms with Crippen LogP contribution in [0.25, 0.3) is 0 Å². The summed E-state index contributed by atoms with van der Waals surface area (Å²) >= 11 is 0. The average molecular weight is 675 g/mol. The summed E-state index contributed by atoms with van der Waals surface area (Å²) in [5, 5.41) is 10.8. The summed E-state index contributed by atoms with van der Waals surface area (Å²) in [6.45, 7) is 9.30. The van der Waals surface area contributed by atoms with Crippen LogP contribution in [-0.4, -0.2) is 41.6 Å². The number of hydrogen-bond acceptors (Lipinski definition) is 7. The fourth-order valence-electron chi connectivity index (χ4n) is 5.44. The van der Waals surface area contributed by atoms with Gasteiger partial charge in [-0.1, -0.05) is 51.0 Å². The van der Waals surface area contributed by atoms with E-state index in [2.05, 4.69) is 53.3 Å². The van der Waals surface area contributed by atoms with Gasteiger partial charge >= 0.3 is 6.18 Å². The van der Waals surface area contributed by atoms with Crippen LogP contribution >= 0.6 is 0 Å². The number of nitrogens with two attached hydrogens (primary N) is 2. The molecule has 1 saturated heterocycles. The Morgan fingerprint density at radius 3 is 2.31 bits per heavy atom. The van der Waals surface area contributed by atoms with E-state index < -0.39 is 28.8 Å². The number of hydrogen-bond donors (Lipinski definition) is 4. The van der Waals surface area contributed by atoms with Crippen LogP contribution < -0.4 is 16.8 Å². The number of ketones is 1. The first kappa shape index (κ1) is 38.3. The number of anilines is 1. The number of halogens is 3. The molecule has 1 saturated carbocycles. The molecule has 1 heterocycles. The number of nitrogens with one attached hydrogen (secondary N) is 2.